The van der Waals surface area contributed by atoms with Gasteiger partial charge < -0.3 is 9.80 Å². The van der Waals surface area contributed by atoms with Gasteiger partial charge in [0, 0.05) is 31.2 Å². The van der Waals surface area contributed by atoms with E-state index in [1.54, 1.807) is 23.1 Å². The maximum Gasteiger partial charge on any atom is 0.230 e. The third kappa shape index (κ3) is 7.68. The third-order valence-electron chi connectivity index (χ3n) is 8.41. The lowest BCUT2D eigenvalue weighted by Gasteiger charge is -2.35. The molecule has 10 nitrogen and oxygen atoms in total. The minimum absolute atomic E-state index is 0.0153. The molecule has 0 atom stereocenters. The molecule has 226 valence electrons. The average Bonchev–Trinajstić information content (AvgIpc) is 3.52. The molecule has 2 saturated heterocycles. The molecule has 0 bridgehead atoms. The van der Waals surface area contributed by atoms with E-state index in [2.05, 4.69) is 38.6 Å². The van der Waals surface area contributed by atoms with Crippen LogP contribution in [0.3, 0.4) is 0 Å². The second-order valence-corrected chi connectivity index (χ2v) is 14.0. The number of amides is 1. The van der Waals surface area contributed by atoms with E-state index in [0.717, 1.165) is 56.7 Å². The van der Waals surface area contributed by atoms with Crippen LogP contribution in [0.5, 0.6) is 0 Å². The molecule has 3 heterocycles. The summed E-state index contributed by atoms with van der Waals surface area (Å²) in [5.74, 6) is 0.372. The zero-order valence-corrected chi connectivity index (χ0v) is 26.1. The van der Waals surface area contributed by atoms with Crippen LogP contribution in [-0.4, -0.2) is 89.3 Å². The number of tetrazole rings is 1. The molecule has 13 heteroatoms. The number of likely N-dealkylation sites (tertiary alicyclic amines) is 1. The number of carbonyl (C=O) groups is 1. The summed E-state index contributed by atoms with van der Waals surface area (Å²) in [6.07, 6.45) is 7.89. The van der Waals surface area contributed by atoms with Gasteiger partial charge in [0.15, 0.2) is 0 Å². The van der Waals surface area contributed by atoms with Crippen LogP contribution in [0, 0.1) is 11.8 Å². The van der Waals surface area contributed by atoms with Crippen LogP contribution >= 0.6 is 23.2 Å². The molecule has 0 radical (unpaired) electrons. The summed E-state index contributed by atoms with van der Waals surface area (Å²) < 4.78 is 27.1. The molecule has 1 amide bonds. The van der Waals surface area contributed by atoms with E-state index in [9.17, 15) is 13.2 Å². The molecular formula is C29H37Cl2N7O3S. The number of hydrogen-bond acceptors (Lipinski definition) is 7. The maximum absolute atomic E-state index is 13.7. The lowest BCUT2D eigenvalue weighted by Crippen LogP contribution is -2.45. The second-order valence-electron chi connectivity index (χ2n) is 11.3. The third-order valence-corrected chi connectivity index (χ3v) is 10.5. The molecule has 0 unspecified atom stereocenters. The van der Waals surface area contributed by atoms with E-state index in [-0.39, 0.29) is 11.8 Å². The van der Waals surface area contributed by atoms with E-state index in [1.807, 2.05) is 17.0 Å². The minimum atomic E-state index is -3.26. The predicted octanol–water partition coefficient (Wildman–Crippen LogP) is 4.32. The molecule has 0 saturated carbocycles. The fourth-order valence-electron chi connectivity index (χ4n) is 6.03. The van der Waals surface area contributed by atoms with Gasteiger partial charge in [0.2, 0.25) is 15.9 Å². The van der Waals surface area contributed by atoms with Crippen molar-refractivity contribution in [3.63, 3.8) is 0 Å². The van der Waals surface area contributed by atoms with Gasteiger partial charge in [-0.3, -0.25) is 4.79 Å². The first-order valence-electron chi connectivity index (χ1n) is 14.4. The molecule has 3 aromatic rings. The highest BCUT2D eigenvalue weighted by Gasteiger charge is 2.32. The number of para-hydroxylation sites is 1. The van der Waals surface area contributed by atoms with Gasteiger partial charge in [-0.1, -0.05) is 41.4 Å². The average molecular weight is 635 g/mol. The van der Waals surface area contributed by atoms with Crippen LogP contribution in [0.25, 0.3) is 5.69 Å². The summed E-state index contributed by atoms with van der Waals surface area (Å²) in [6, 6.07) is 13.6. The largest absolute Gasteiger partial charge is 0.312 e. The number of rotatable bonds is 10. The number of sulfonamides is 1. The van der Waals surface area contributed by atoms with Crippen LogP contribution < -0.4 is 4.90 Å². The standard InChI is InChI=1S/C29H37Cl2N7O3S/c1-42(40,41)36-17-11-23(12-18-36)29(39)37(25-7-8-26(30)27(31)20-25)14-4-13-35-15-9-22(10-16-35)19-24-5-2-3-6-28(24)38-21-32-33-34-38/h2-3,5-8,20-23H,4,9-19H2,1H3. The summed E-state index contributed by atoms with van der Waals surface area (Å²) >= 11 is 12.5. The molecule has 42 heavy (non-hydrogen) atoms. The number of anilines is 1. The van der Waals surface area contributed by atoms with Crippen LogP contribution in [0.1, 0.15) is 37.7 Å². The molecular weight excluding hydrogens is 597 g/mol. The van der Waals surface area contributed by atoms with Crippen molar-refractivity contribution in [2.75, 3.05) is 50.4 Å². The minimum Gasteiger partial charge on any atom is -0.312 e. The Bertz CT molecular complexity index is 1460. The molecule has 2 aliphatic heterocycles. The van der Waals surface area contributed by atoms with Crippen molar-refractivity contribution in [1.29, 1.82) is 0 Å². The summed E-state index contributed by atoms with van der Waals surface area (Å²) in [6.45, 7) is 4.21. The Hall–Kier alpha value is -2.57. The topological polar surface area (TPSA) is 105 Å². The van der Waals surface area contributed by atoms with E-state index in [1.165, 1.54) is 16.1 Å². The van der Waals surface area contributed by atoms with Gasteiger partial charge in [-0.25, -0.2) is 17.4 Å². The second kappa shape index (κ2) is 13.8. The van der Waals surface area contributed by atoms with Crippen molar-refractivity contribution in [2.24, 2.45) is 11.8 Å². The summed E-state index contributed by atoms with van der Waals surface area (Å²) in [5, 5.41) is 12.5. The fourth-order valence-corrected chi connectivity index (χ4v) is 7.20. The first-order valence-corrected chi connectivity index (χ1v) is 17.0. The van der Waals surface area contributed by atoms with Crippen LogP contribution in [0.4, 0.5) is 5.69 Å². The van der Waals surface area contributed by atoms with Crippen molar-refractivity contribution >= 4 is 44.8 Å². The monoisotopic (exact) mass is 633 g/mol. The van der Waals surface area contributed by atoms with Gasteiger partial charge >= 0.3 is 0 Å². The summed E-state index contributed by atoms with van der Waals surface area (Å²) in [4.78, 5) is 18.0. The molecule has 5 rings (SSSR count). The molecule has 0 aliphatic carbocycles. The highest BCUT2D eigenvalue weighted by Crippen LogP contribution is 2.31. The van der Waals surface area contributed by atoms with Gasteiger partial charge in [-0.15, -0.1) is 5.10 Å². The van der Waals surface area contributed by atoms with Crippen molar-refractivity contribution < 1.29 is 13.2 Å². The van der Waals surface area contributed by atoms with Crippen molar-refractivity contribution in [1.82, 2.24) is 29.4 Å². The number of carbonyl (C=O) groups excluding carboxylic acids is 1. The maximum atomic E-state index is 13.7. The van der Waals surface area contributed by atoms with Gasteiger partial charge in [0.25, 0.3) is 0 Å². The quantitative estimate of drug-likeness (QED) is 0.327. The lowest BCUT2D eigenvalue weighted by molar-refractivity contribution is -0.123. The summed E-state index contributed by atoms with van der Waals surface area (Å²) in [5.41, 5.74) is 3.00. The van der Waals surface area contributed by atoms with Crippen molar-refractivity contribution in [3.05, 3.63) is 64.4 Å². The fraction of sp³-hybridized carbons (Fsp3) is 0.517. The number of hydrogen-bond donors (Lipinski definition) is 0. The molecule has 1 aromatic heterocycles. The van der Waals surface area contributed by atoms with Crippen molar-refractivity contribution in [3.8, 4) is 5.69 Å². The number of piperidine rings is 2. The first kappa shape index (κ1) is 30.9. The highest BCUT2D eigenvalue weighted by atomic mass is 35.5. The predicted molar refractivity (Wildman–Crippen MR) is 165 cm³/mol. The van der Waals surface area contributed by atoms with Crippen molar-refractivity contribution in [2.45, 2.75) is 38.5 Å². The number of nitrogens with zero attached hydrogens (tertiary/aromatic N) is 7. The Morgan fingerprint density at radius 2 is 1.74 bits per heavy atom. The Labute approximate surface area is 257 Å². The molecule has 0 spiro atoms. The van der Waals surface area contributed by atoms with Crippen LogP contribution in [0.2, 0.25) is 10.0 Å². The van der Waals surface area contributed by atoms with E-state index in [4.69, 9.17) is 23.2 Å². The zero-order chi connectivity index (χ0) is 29.7. The smallest absolute Gasteiger partial charge is 0.230 e. The van der Waals surface area contributed by atoms with E-state index < -0.39 is 10.0 Å². The Balaban J connectivity index is 1.16. The number of aromatic nitrogens is 4. The molecule has 2 aromatic carbocycles. The van der Waals surface area contributed by atoms with Crippen LogP contribution in [-0.2, 0) is 21.2 Å². The first-order chi connectivity index (χ1) is 20.2. The normalized spacial score (nSPS) is 17.9. The van der Waals surface area contributed by atoms with Crippen LogP contribution in [0.15, 0.2) is 48.8 Å². The Morgan fingerprint density at radius 1 is 1.00 bits per heavy atom. The van der Waals surface area contributed by atoms with Gasteiger partial charge in [-0.2, -0.15) is 0 Å². The van der Waals surface area contributed by atoms with E-state index >= 15 is 0 Å². The Kier molecular flexibility index (Phi) is 10.2. The molecule has 2 fully saturated rings. The molecule has 0 N–H and O–H groups in total. The highest BCUT2D eigenvalue weighted by molar-refractivity contribution is 7.88. The SMILES string of the molecule is CS(=O)(=O)N1CCC(C(=O)N(CCCN2CCC(Cc3ccccc3-n3cnnn3)CC2)c2ccc(Cl)c(Cl)c2)CC1. The van der Waals surface area contributed by atoms with Gasteiger partial charge in [-0.05, 0) is 104 Å². The summed E-state index contributed by atoms with van der Waals surface area (Å²) in [7, 11) is -3.26. The van der Waals surface area contributed by atoms with E-state index in [0.29, 0.717) is 48.4 Å². The van der Waals surface area contributed by atoms with Gasteiger partial charge in [0.1, 0.15) is 6.33 Å². The number of halogens is 2. The lowest BCUT2D eigenvalue weighted by atomic mass is 9.89. The molecule has 2 aliphatic rings. The zero-order valence-electron chi connectivity index (χ0n) is 23.8. The van der Waals surface area contributed by atoms with Gasteiger partial charge in [0.05, 0.1) is 22.0 Å². The Morgan fingerprint density at radius 3 is 2.40 bits per heavy atom. The number of benzene rings is 2.